The summed E-state index contributed by atoms with van der Waals surface area (Å²) in [5.41, 5.74) is 1.96. The number of pyridine rings is 1. The largest absolute Gasteiger partial charge is 0.465 e. The van der Waals surface area contributed by atoms with Crippen LogP contribution in [-0.2, 0) is 11.8 Å². The van der Waals surface area contributed by atoms with Crippen molar-refractivity contribution in [2.45, 2.75) is 18.9 Å². The van der Waals surface area contributed by atoms with Gasteiger partial charge in [-0.15, -0.1) is 0 Å². The van der Waals surface area contributed by atoms with Gasteiger partial charge in [0.15, 0.2) is 0 Å². The number of aromatic nitrogens is 1. The molecule has 1 heterocycles. The van der Waals surface area contributed by atoms with Crippen molar-refractivity contribution in [2.75, 3.05) is 19.1 Å². The molecule has 1 aromatic carbocycles. The normalized spacial score (nSPS) is 14.2. The first kappa shape index (κ1) is 13.7. The predicted octanol–water partition coefficient (Wildman–Crippen LogP) is 1.92. The lowest BCUT2D eigenvalue weighted by molar-refractivity contribution is 0.0601. The number of methoxy groups -OCH3 is 1. The molecule has 1 aliphatic carbocycles. The molecule has 0 spiro atoms. The number of aryl methyl sites for hydroxylation is 1. The maximum Gasteiger partial charge on any atom is 0.337 e. The number of hydrogen-bond donors (Lipinski definition) is 0. The summed E-state index contributed by atoms with van der Waals surface area (Å²) in [6, 6.07) is 7.55. The van der Waals surface area contributed by atoms with Crippen LogP contribution in [0.2, 0.25) is 0 Å². The molecule has 3 rings (SSSR count). The summed E-state index contributed by atoms with van der Waals surface area (Å²) in [6.45, 7) is 0. The molecule has 0 bridgehead atoms. The summed E-state index contributed by atoms with van der Waals surface area (Å²) >= 11 is 0. The molecule has 1 aliphatic rings. The molecule has 110 valence electrons. The number of hydrogen-bond acceptors (Lipinski definition) is 4. The van der Waals surface area contributed by atoms with Crippen LogP contribution in [0.3, 0.4) is 0 Å². The zero-order chi connectivity index (χ0) is 15.1. The quantitative estimate of drug-likeness (QED) is 0.809. The second-order valence-electron chi connectivity index (χ2n) is 5.50. The third-order valence-electron chi connectivity index (χ3n) is 4.10. The minimum Gasteiger partial charge on any atom is -0.465 e. The van der Waals surface area contributed by atoms with Gasteiger partial charge >= 0.3 is 5.97 Å². The third-order valence-corrected chi connectivity index (χ3v) is 4.10. The van der Waals surface area contributed by atoms with Gasteiger partial charge in [0.05, 0.1) is 18.2 Å². The topological polar surface area (TPSA) is 51.5 Å². The Morgan fingerprint density at radius 2 is 2.05 bits per heavy atom. The van der Waals surface area contributed by atoms with Gasteiger partial charge in [0.2, 0.25) is 0 Å². The second-order valence-corrected chi connectivity index (χ2v) is 5.50. The first-order valence-electron chi connectivity index (χ1n) is 6.98. The van der Waals surface area contributed by atoms with Crippen LogP contribution in [-0.4, -0.2) is 30.7 Å². The van der Waals surface area contributed by atoms with Gasteiger partial charge in [-0.3, -0.25) is 4.79 Å². The molecule has 0 amide bonds. The molecule has 1 aromatic heterocycles. The van der Waals surface area contributed by atoms with Crippen molar-refractivity contribution in [1.29, 1.82) is 0 Å². The summed E-state index contributed by atoms with van der Waals surface area (Å²) < 4.78 is 6.38. The Hall–Kier alpha value is -2.30. The van der Waals surface area contributed by atoms with E-state index in [2.05, 4.69) is 0 Å². The highest BCUT2D eigenvalue weighted by Crippen LogP contribution is 2.29. The highest BCUT2D eigenvalue weighted by Gasteiger charge is 2.28. The number of benzene rings is 1. The van der Waals surface area contributed by atoms with E-state index in [9.17, 15) is 9.59 Å². The van der Waals surface area contributed by atoms with Gasteiger partial charge in [0, 0.05) is 25.5 Å². The Labute approximate surface area is 122 Å². The summed E-state index contributed by atoms with van der Waals surface area (Å²) in [5, 5.41) is 0.863. The number of carbonyl (C=O) groups excluding carboxylic acids is 1. The maximum atomic E-state index is 12.5. The van der Waals surface area contributed by atoms with Crippen LogP contribution in [0.5, 0.6) is 0 Å². The maximum absolute atomic E-state index is 12.5. The predicted molar refractivity (Wildman–Crippen MR) is 82.0 cm³/mol. The van der Waals surface area contributed by atoms with E-state index in [-0.39, 0.29) is 11.5 Å². The molecule has 0 radical (unpaired) electrons. The van der Waals surface area contributed by atoms with E-state index in [1.165, 1.54) is 7.11 Å². The summed E-state index contributed by atoms with van der Waals surface area (Å²) in [6.07, 6.45) is 2.25. The van der Waals surface area contributed by atoms with Crippen LogP contribution >= 0.6 is 0 Å². The van der Waals surface area contributed by atoms with Crippen molar-refractivity contribution in [2.24, 2.45) is 7.05 Å². The molecule has 5 nitrogen and oxygen atoms in total. The molecule has 1 saturated carbocycles. The van der Waals surface area contributed by atoms with E-state index in [4.69, 9.17) is 4.74 Å². The van der Waals surface area contributed by atoms with Crippen molar-refractivity contribution in [3.8, 4) is 0 Å². The molecule has 0 N–H and O–H groups in total. The molecule has 5 heteroatoms. The van der Waals surface area contributed by atoms with Crippen molar-refractivity contribution in [3.05, 3.63) is 40.2 Å². The van der Waals surface area contributed by atoms with Crippen molar-refractivity contribution in [3.63, 3.8) is 0 Å². The van der Waals surface area contributed by atoms with Crippen LogP contribution in [0, 0.1) is 0 Å². The Balaban J connectivity index is 2.19. The number of esters is 1. The lowest BCUT2D eigenvalue weighted by Crippen LogP contribution is -2.30. The number of fused-ring (bicyclic) bond motifs is 1. The van der Waals surface area contributed by atoms with Gasteiger partial charge in [-0.25, -0.2) is 4.79 Å². The number of rotatable bonds is 3. The van der Waals surface area contributed by atoms with Crippen molar-refractivity contribution in [1.82, 2.24) is 4.57 Å². The Morgan fingerprint density at radius 3 is 2.67 bits per heavy atom. The average Bonchev–Trinajstić information content (AvgIpc) is 3.33. The van der Waals surface area contributed by atoms with Gasteiger partial charge in [0.1, 0.15) is 5.69 Å². The average molecular weight is 286 g/mol. The van der Waals surface area contributed by atoms with Crippen LogP contribution in [0.4, 0.5) is 5.69 Å². The van der Waals surface area contributed by atoms with Crippen LogP contribution in [0.1, 0.15) is 23.2 Å². The number of carbonyl (C=O) groups is 1. The van der Waals surface area contributed by atoms with E-state index in [1.807, 2.05) is 18.0 Å². The van der Waals surface area contributed by atoms with Crippen LogP contribution in [0.25, 0.3) is 10.9 Å². The van der Waals surface area contributed by atoms with Crippen LogP contribution in [0.15, 0.2) is 29.1 Å². The third kappa shape index (κ3) is 2.28. The summed E-state index contributed by atoms with van der Waals surface area (Å²) in [7, 11) is 5.07. The molecule has 21 heavy (non-hydrogen) atoms. The van der Waals surface area contributed by atoms with Crippen molar-refractivity contribution < 1.29 is 9.53 Å². The fourth-order valence-electron chi connectivity index (χ4n) is 2.62. The lowest BCUT2D eigenvalue weighted by Gasteiger charge is -2.19. The highest BCUT2D eigenvalue weighted by atomic mass is 16.5. The molecular weight excluding hydrogens is 268 g/mol. The van der Waals surface area contributed by atoms with E-state index in [0.29, 0.717) is 17.3 Å². The Kier molecular flexibility index (Phi) is 3.20. The van der Waals surface area contributed by atoms with E-state index < -0.39 is 0 Å². The zero-order valence-corrected chi connectivity index (χ0v) is 12.4. The van der Waals surface area contributed by atoms with E-state index in [1.54, 1.807) is 29.8 Å². The monoisotopic (exact) mass is 286 g/mol. The van der Waals surface area contributed by atoms with Crippen molar-refractivity contribution >= 4 is 22.6 Å². The number of ether oxygens (including phenoxy) is 1. The zero-order valence-electron chi connectivity index (χ0n) is 12.4. The first-order chi connectivity index (χ1) is 10.0. The molecule has 0 saturated heterocycles. The van der Waals surface area contributed by atoms with Crippen LogP contribution < -0.4 is 10.5 Å². The smallest absolute Gasteiger partial charge is 0.337 e. The van der Waals surface area contributed by atoms with Gasteiger partial charge in [-0.05, 0) is 37.1 Å². The Bertz CT molecular complexity index is 775. The highest BCUT2D eigenvalue weighted by molar-refractivity contribution is 5.95. The SMILES string of the molecule is COC(=O)c1ccc2c(c1)cc(N(C)C1CC1)c(=O)n2C. The van der Waals surface area contributed by atoms with Gasteiger partial charge in [-0.1, -0.05) is 0 Å². The fraction of sp³-hybridized carbons (Fsp3) is 0.375. The molecule has 1 fully saturated rings. The summed E-state index contributed by atoms with van der Waals surface area (Å²) in [5.74, 6) is -0.372. The number of anilines is 1. The Morgan fingerprint density at radius 1 is 1.33 bits per heavy atom. The number of nitrogens with zero attached hydrogens (tertiary/aromatic N) is 2. The van der Waals surface area contributed by atoms with Gasteiger partial charge < -0.3 is 14.2 Å². The molecule has 0 atom stereocenters. The molecular formula is C16H18N2O3. The van der Waals surface area contributed by atoms with Gasteiger partial charge in [-0.2, -0.15) is 0 Å². The second kappa shape index (κ2) is 4.91. The minimum atomic E-state index is -0.372. The standard InChI is InChI=1S/C16H18N2O3/c1-17(12-5-6-12)14-9-11-8-10(16(20)21-3)4-7-13(11)18(2)15(14)19/h4,7-9,12H,5-6H2,1-3H3. The lowest BCUT2D eigenvalue weighted by atomic mass is 10.1. The first-order valence-corrected chi connectivity index (χ1v) is 6.98. The summed E-state index contributed by atoms with van der Waals surface area (Å²) in [4.78, 5) is 26.1. The molecule has 0 aliphatic heterocycles. The fourth-order valence-corrected chi connectivity index (χ4v) is 2.62. The van der Waals surface area contributed by atoms with Gasteiger partial charge in [0.25, 0.3) is 5.56 Å². The van der Waals surface area contributed by atoms with E-state index in [0.717, 1.165) is 23.7 Å². The molecule has 2 aromatic rings. The molecule has 0 unspecified atom stereocenters. The minimum absolute atomic E-state index is 0.0114. The van der Waals surface area contributed by atoms with E-state index >= 15 is 0 Å².